The van der Waals surface area contributed by atoms with Gasteiger partial charge in [0.05, 0.1) is 7.11 Å². The third-order valence-electron chi connectivity index (χ3n) is 2.63. The van der Waals surface area contributed by atoms with Crippen LogP contribution in [0.3, 0.4) is 0 Å². The Hall–Kier alpha value is -1.95. The van der Waals surface area contributed by atoms with Crippen molar-refractivity contribution in [1.82, 2.24) is 5.32 Å². The molecule has 0 fully saturated rings. The van der Waals surface area contributed by atoms with Crippen molar-refractivity contribution in [2.24, 2.45) is 0 Å². The molecule has 1 amide bonds. The van der Waals surface area contributed by atoms with Gasteiger partial charge in [-0.2, -0.15) is 0 Å². The Morgan fingerprint density at radius 1 is 1.44 bits per heavy atom. The van der Waals surface area contributed by atoms with Crippen molar-refractivity contribution in [3.63, 3.8) is 0 Å². The Morgan fingerprint density at radius 2 is 2.11 bits per heavy atom. The summed E-state index contributed by atoms with van der Waals surface area (Å²) in [5.74, 6) is 3.39. The summed E-state index contributed by atoms with van der Waals surface area (Å²) in [6.07, 6.45) is 6.94. The first kappa shape index (κ1) is 14.1. The minimum atomic E-state index is 0.0357. The number of ether oxygens (including phenoxy) is 1. The van der Waals surface area contributed by atoms with Gasteiger partial charge in [0.1, 0.15) is 5.75 Å². The number of terminal acetylenes is 1. The highest BCUT2D eigenvalue weighted by atomic mass is 16.5. The molecule has 0 saturated carbocycles. The molecule has 0 aliphatic carbocycles. The van der Waals surface area contributed by atoms with E-state index < -0.39 is 0 Å². The fourth-order valence-electron chi connectivity index (χ4n) is 1.62. The lowest BCUT2D eigenvalue weighted by atomic mass is 10.1. The van der Waals surface area contributed by atoms with E-state index in [-0.39, 0.29) is 11.9 Å². The van der Waals surface area contributed by atoms with E-state index in [1.54, 1.807) is 7.11 Å². The fraction of sp³-hybridized carbons (Fsp3) is 0.400. The van der Waals surface area contributed by atoms with Gasteiger partial charge < -0.3 is 10.1 Å². The number of methoxy groups -OCH3 is 1. The van der Waals surface area contributed by atoms with Crippen molar-refractivity contribution in [3.8, 4) is 18.1 Å². The summed E-state index contributed by atoms with van der Waals surface area (Å²) in [4.78, 5) is 11.6. The van der Waals surface area contributed by atoms with Gasteiger partial charge in [-0.15, -0.1) is 12.3 Å². The number of hydrogen-bond donors (Lipinski definition) is 1. The molecule has 1 aromatic rings. The quantitative estimate of drug-likeness (QED) is 0.780. The van der Waals surface area contributed by atoms with Crippen LogP contribution >= 0.6 is 0 Å². The summed E-state index contributed by atoms with van der Waals surface area (Å²) in [6, 6.07) is 7.77. The van der Waals surface area contributed by atoms with E-state index in [1.807, 2.05) is 31.2 Å². The first-order valence-electron chi connectivity index (χ1n) is 6.01. The zero-order valence-corrected chi connectivity index (χ0v) is 10.9. The molecule has 0 aromatic heterocycles. The average molecular weight is 245 g/mol. The Labute approximate surface area is 109 Å². The van der Waals surface area contributed by atoms with Gasteiger partial charge in [0.15, 0.2) is 0 Å². The van der Waals surface area contributed by atoms with Crippen LogP contribution in [0.25, 0.3) is 0 Å². The molecule has 0 aliphatic heterocycles. The maximum absolute atomic E-state index is 11.6. The van der Waals surface area contributed by atoms with Crippen LogP contribution in [-0.2, 0) is 11.2 Å². The van der Waals surface area contributed by atoms with E-state index in [1.165, 1.54) is 0 Å². The first-order valence-corrected chi connectivity index (χ1v) is 6.01. The Bertz CT molecular complexity index is 417. The van der Waals surface area contributed by atoms with Crippen molar-refractivity contribution in [2.75, 3.05) is 7.11 Å². The minimum Gasteiger partial charge on any atom is -0.497 e. The normalized spacial score (nSPS) is 11.4. The SMILES string of the molecule is C#CCC(C)NC(=O)CCc1ccc(OC)cc1. The summed E-state index contributed by atoms with van der Waals surface area (Å²) in [7, 11) is 1.63. The fourth-order valence-corrected chi connectivity index (χ4v) is 1.62. The predicted molar refractivity (Wildman–Crippen MR) is 72.4 cm³/mol. The summed E-state index contributed by atoms with van der Waals surface area (Å²) in [6.45, 7) is 1.91. The van der Waals surface area contributed by atoms with E-state index in [0.29, 0.717) is 12.8 Å². The number of aryl methyl sites for hydroxylation is 1. The molecule has 1 rings (SSSR count). The standard InChI is InChI=1S/C15H19NO2/c1-4-5-12(2)16-15(17)11-8-13-6-9-14(18-3)10-7-13/h1,6-7,9-10,12H,5,8,11H2,2-3H3,(H,16,17). The van der Waals surface area contributed by atoms with Crippen LogP contribution in [0.5, 0.6) is 5.75 Å². The molecule has 3 nitrogen and oxygen atoms in total. The van der Waals surface area contributed by atoms with Gasteiger partial charge in [-0.05, 0) is 31.0 Å². The van der Waals surface area contributed by atoms with Gasteiger partial charge in [-0.1, -0.05) is 12.1 Å². The van der Waals surface area contributed by atoms with Crippen LogP contribution in [0.4, 0.5) is 0 Å². The minimum absolute atomic E-state index is 0.0357. The molecule has 0 saturated heterocycles. The van der Waals surface area contributed by atoms with Crippen molar-refractivity contribution < 1.29 is 9.53 Å². The Balaban J connectivity index is 2.35. The second-order valence-corrected chi connectivity index (χ2v) is 4.22. The molecule has 0 radical (unpaired) electrons. The molecule has 1 unspecified atom stereocenters. The lowest BCUT2D eigenvalue weighted by molar-refractivity contribution is -0.121. The molecule has 96 valence electrons. The highest BCUT2D eigenvalue weighted by Crippen LogP contribution is 2.12. The maximum atomic E-state index is 11.6. The zero-order valence-electron chi connectivity index (χ0n) is 10.9. The second kappa shape index (κ2) is 7.39. The molecule has 0 bridgehead atoms. The van der Waals surface area contributed by atoms with Crippen molar-refractivity contribution in [1.29, 1.82) is 0 Å². The monoisotopic (exact) mass is 245 g/mol. The highest BCUT2D eigenvalue weighted by molar-refractivity contribution is 5.76. The molecular weight excluding hydrogens is 226 g/mol. The summed E-state index contributed by atoms with van der Waals surface area (Å²) in [5, 5.41) is 2.87. The van der Waals surface area contributed by atoms with Crippen molar-refractivity contribution in [2.45, 2.75) is 32.2 Å². The third kappa shape index (κ3) is 4.92. The van der Waals surface area contributed by atoms with E-state index in [4.69, 9.17) is 11.2 Å². The van der Waals surface area contributed by atoms with Gasteiger partial charge in [-0.3, -0.25) is 4.79 Å². The topological polar surface area (TPSA) is 38.3 Å². The highest BCUT2D eigenvalue weighted by Gasteiger charge is 2.06. The van der Waals surface area contributed by atoms with Gasteiger partial charge in [0.25, 0.3) is 0 Å². The van der Waals surface area contributed by atoms with E-state index in [2.05, 4.69) is 11.2 Å². The van der Waals surface area contributed by atoms with Gasteiger partial charge in [0, 0.05) is 18.9 Å². The van der Waals surface area contributed by atoms with Crippen molar-refractivity contribution in [3.05, 3.63) is 29.8 Å². The average Bonchev–Trinajstić information content (AvgIpc) is 2.37. The van der Waals surface area contributed by atoms with Gasteiger partial charge in [-0.25, -0.2) is 0 Å². The largest absolute Gasteiger partial charge is 0.497 e. The number of hydrogen-bond acceptors (Lipinski definition) is 2. The van der Waals surface area contributed by atoms with E-state index in [0.717, 1.165) is 17.7 Å². The number of nitrogens with one attached hydrogen (secondary N) is 1. The molecular formula is C15H19NO2. The summed E-state index contributed by atoms with van der Waals surface area (Å²) >= 11 is 0. The molecule has 0 aliphatic rings. The molecule has 0 heterocycles. The Morgan fingerprint density at radius 3 is 2.67 bits per heavy atom. The van der Waals surface area contributed by atoms with Crippen LogP contribution in [0.1, 0.15) is 25.3 Å². The zero-order chi connectivity index (χ0) is 13.4. The first-order chi connectivity index (χ1) is 8.65. The number of carbonyl (C=O) groups is 1. The van der Waals surface area contributed by atoms with Gasteiger partial charge >= 0.3 is 0 Å². The third-order valence-corrected chi connectivity index (χ3v) is 2.63. The molecule has 18 heavy (non-hydrogen) atoms. The maximum Gasteiger partial charge on any atom is 0.220 e. The number of carbonyl (C=O) groups excluding carboxylic acids is 1. The number of benzene rings is 1. The molecule has 0 spiro atoms. The van der Waals surface area contributed by atoms with Crippen molar-refractivity contribution >= 4 is 5.91 Å². The molecule has 3 heteroatoms. The molecule has 1 N–H and O–H groups in total. The van der Waals surface area contributed by atoms with E-state index >= 15 is 0 Å². The van der Waals surface area contributed by atoms with Crippen LogP contribution in [0.15, 0.2) is 24.3 Å². The predicted octanol–water partition coefficient (Wildman–Crippen LogP) is 2.16. The summed E-state index contributed by atoms with van der Waals surface area (Å²) in [5.41, 5.74) is 1.12. The molecule has 1 atom stereocenters. The van der Waals surface area contributed by atoms with Gasteiger partial charge in [0.2, 0.25) is 5.91 Å². The lowest BCUT2D eigenvalue weighted by Crippen LogP contribution is -2.32. The van der Waals surface area contributed by atoms with Crippen LogP contribution in [0.2, 0.25) is 0 Å². The number of rotatable bonds is 6. The Kier molecular flexibility index (Phi) is 5.79. The lowest BCUT2D eigenvalue weighted by Gasteiger charge is -2.10. The smallest absolute Gasteiger partial charge is 0.220 e. The summed E-state index contributed by atoms with van der Waals surface area (Å²) < 4.78 is 5.08. The second-order valence-electron chi connectivity index (χ2n) is 4.22. The van der Waals surface area contributed by atoms with Crippen LogP contribution < -0.4 is 10.1 Å². The van der Waals surface area contributed by atoms with Crippen LogP contribution in [-0.4, -0.2) is 19.1 Å². The molecule has 1 aromatic carbocycles. The number of amides is 1. The van der Waals surface area contributed by atoms with E-state index in [9.17, 15) is 4.79 Å². The van der Waals surface area contributed by atoms with Crippen LogP contribution in [0, 0.1) is 12.3 Å².